The summed E-state index contributed by atoms with van der Waals surface area (Å²) in [5.41, 5.74) is 1.03. The van der Waals surface area contributed by atoms with Crippen molar-refractivity contribution in [1.29, 1.82) is 0 Å². The van der Waals surface area contributed by atoms with E-state index >= 15 is 0 Å². The first-order chi connectivity index (χ1) is 21.4. The largest absolute Gasteiger partial charge is 0.446 e. The lowest BCUT2D eigenvalue weighted by Crippen LogP contribution is -2.46. The summed E-state index contributed by atoms with van der Waals surface area (Å²) in [6.07, 6.45) is 2.85. The van der Waals surface area contributed by atoms with Crippen LogP contribution in [0.2, 0.25) is 0 Å². The number of hydrogen-bond donors (Lipinski definition) is 4. The maximum Gasteiger partial charge on any atom is 0.273 e. The molecule has 0 spiro atoms. The van der Waals surface area contributed by atoms with Gasteiger partial charge >= 0.3 is 0 Å². The van der Waals surface area contributed by atoms with Crippen LogP contribution in [0.5, 0.6) is 0 Å². The Kier molecular flexibility index (Phi) is 11.4. The molecule has 1 aliphatic heterocycles. The van der Waals surface area contributed by atoms with E-state index in [0.717, 1.165) is 11.8 Å². The number of aromatic nitrogens is 2. The molecule has 16 heteroatoms. The van der Waals surface area contributed by atoms with Crippen molar-refractivity contribution in [2.24, 2.45) is 5.92 Å². The summed E-state index contributed by atoms with van der Waals surface area (Å²) in [5, 5.41) is 10.7. The Morgan fingerprint density at radius 1 is 1.09 bits per heavy atom. The molecule has 4 rings (SSSR count). The Labute approximate surface area is 265 Å². The minimum atomic E-state index is -3.52. The average molecular weight is 660 g/mol. The number of sulfonamides is 1. The highest BCUT2D eigenvalue weighted by molar-refractivity contribution is 7.88. The molecule has 1 aliphatic rings. The van der Waals surface area contributed by atoms with Gasteiger partial charge in [-0.05, 0) is 17.9 Å². The van der Waals surface area contributed by atoms with Gasteiger partial charge in [0.25, 0.3) is 11.8 Å². The fourth-order valence-corrected chi connectivity index (χ4v) is 6.02. The Balaban J connectivity index is 1.65. The SMILES string of the molecule is CC(C)C[C@@H]1NC(=O)c2coc(n2)[C@H](Cc2ccccc2)NC(=O)CN(C(=O)CCNS(C)(=O)=O)CCNC(=O)c2csc1n2. The maximum atomic E-state index is 13.3. The van der Waals surface area contributed by atoms with Gasteiger partial charge in [0, 0.05) is 37.9 Å². The van der Waals surface area contributed by atoms with Crippen LogP contribution in [-0.2, 0) is 26.0 Å². The van der Waals surface area contributed by atoms with Crippen molar-refractivity contribution in [2.45, 2.75) is 45.2 Å². The third kappa shape index (κ3) is 10.2. The van der Waals surface area contributed by atoms with Gasteiger partial charge in [-0.3, -0.25) is 19.2 Å². The molecular formula is C29H37N7O7S2. The molecule has 0 saturated carbocycles. The van der Waals surface area contributed by atoms with Crippen molar-refractivity contribution in [2.75, 3.05) is 32.4 Å². The van der Waals surface area contributed by atoms with Crippen molar-refractivity contribution in [3.05, 3.63) is 69.8 Å². The van der Waals surface area contributed by atoms with E-state index in [2.05, 4.69) is 30.6 Å². The molecule has 2 atom stereocenters. The summed E-state index contributed by atoms with van der Waals surface area (Å²) in [5.74, 6) is -1.71. The zero-order valence-electron chi connectivity index (χ0n) is 25.2. The number of nitrogens with zero attached hydrogens (tertiary/aromatic N) is 3. The first kappa shape index (κ1) is 33.7. The molecule has 4 amide bonds. The van der Waals surface area contributed by atoms with Crippen LogP contribution in [0.1, 0.15) is 76.2 Å². The minimum absolute atomic E-state index is 0.00687. The fraction of sp³-hybridized carbons (Fsp3) is 0.448. The normalized spacial score (nSPS) is 18.5. The Hall–Kier alpha value is -4.15. The molecular weight excluding hydrogens is 622 g/mol. The van der Waals surface area contributed by atoms with Crippen LogP contribution in [0.15, 0.2) is 46.4 Å². The molecule has 14 nitrogen and oxygen atoms in total. The number of hydrogen-bond acceptors (Lipinski definition) is 10. The van der Waals surface area contributed by atoms with Crippen LogP contribution < -0.4 is 20.7 Å². The number of rotatable bonds is 8. The third-order valence-corrected chi connectivity index (χ3v) is 8.48. The standard InChI is InChI=1S/C29H37N7O7S2/c1-18(2)13-21-29-35-23(17-44-29)26(39)30-11-12-36(25(38)9-10-31-45(3,41)42)15-24(37)32-20(14-19-7-5-4-6-8-19)28-34-22(16-43-28)27(40)33-21/h4-8,16-18,20-21,31H,9-15H2,1-3H3,(H,30,39)(H,32,37)(H,33,40)/t20-,21-/m0/s1. The zero-order valence-corrected chi connectivity index (χ0v) is 26.9. The highest BCUT2D eigenvalue weighted by Crippen LogP contribution is 2.26. The second kappa shape index (κ2) is 15.2. The van der Waals surface area contributed by atoms with Crippen LogP contribution in [0.25, 0.3) is 0 Å². The molecule has 45 heavy (non-hydrogen) atoms. The summed E-state index contributed by atoms with van der Waals surface area (Å²) < 4.78 is 30.9. The molecule has 2 aromatic heterocycles. The second-order valence-electron chi connectivity index (χ2n) is 11.1. The lowest BCUT2D eigenvalue weighted by molar-refractivity contribution is -0.136. The number of oxazole rings is 1. The van der Waals surface area contributed by atoms with E-state index in [1.807, 2.05) is 44.2 Å². The second-order valence-corrected chi connectivity index (χ2v) is 13.8. The number of thiazole rings is 1. The Morgan fingerprint density at radius 2 is 1.84 bits per heavy atom. The number of nitrogens with one attached hydrogen (secondary N) is 4. The van der Waals surface area contributed by atoms with Crippen molar-refractivity contribution in [3.8, 4) is 0 Å². The summed E-state index contributed by atoms with van der Waals surface area (Å²) in [4.78, 5) is 62.7. The predicted molar refractivity (Wildman–Crippen MR) is 166 cm³/mol. The van der Waals surface area contributed by atoms with Crippen LogP contribution >= 0.6 is 11.3 Å². The van der Waals surface area contributed by atoms with Gasteiger partial charge in [0.2, 0.25) is 27.7 Å². The average Bonchev–Trinajstić information content (AvgIpc) is 3.66. The highest BCUT2D eigenvalue weighted by atomic mass is 32.2. The number of benzene rings is 1. The van der Waals surface area contributed by atoms with Crippen LogP contribution in [0, 0.1) is 5.92 Å². The third-order valence-electron chi connectivity index (χ3n) is 6.79. The molecule has 0 unspecified atom stereocenters. The topological polar surface area (TPSA) is 193 Å². The number of carbonyl (C=O) groups excluding carboxylic acids is 4. The smallest absolute Gasteiger partial charge is 0.273 e. The van der Waals surface area contributed by atoms with Crippen LogP contribution in [0.3, 0.4) is 0 Å². The molecule has 1 aromatic carbocycles. The van der Waals surface area contributed by atoms with Gasteiger partial charge in [-0.1, -0.05) is 44.2 Å². The molecule has 0 fully saturated rings. The van der Waals surface area contributed by atoms with Crippen molar-refractivity contribution < 1.29 is 32.0 Å². The molecule has 3 heterocycles. The van der Waals surface area contributed by atoms with Gasteiger partial charge in [0.15, 0.2) is 5.69 Å². The molecule has 0 aliphatic carbocycles. The summed E-state index contributed by atoms with van der Waals surface area (Å²) in [6, 6.07) is 8.05. The van der Waals surface area contributed by atoms with E-state index in [-0.39, 0.29) is 62.2 Å². The van der Waals surface area contributed by atoms with Crippen molar-refractivity contribution >= 4 is 45.0 Å². The lowest BCUT2D eigenvalue weighted by Gasteiger charge is -2.24. The van der Waals surface area contributed by atoms with Crippen LogP contribution in [0.4, 0.5) is 0 Å². The molecule has 0 radical (unpaired) electrons. The predicted octanol–water partition coefficient (Wildman–Crippen LogP) is 1.56. The van der Waals surface area contributed by atoms with E-state index in [1.165, 1.54) is 22.5 Å². The molecule has 3 aromatic rings. The monoisotopic (exact) mass is 659 g/mol. The van der Waals surface area contributed by atoms with Gasteiger partial charge in [-0.15, -0.1) is 11.3 Å². The summed E-state index contributed by atoms with van der Waals surface area (Å²) >= 11 is 1.24. The van der Waals surface area contributed by atoms with E-state index in [1.54, 1.807) is 5.38 Å². The van der Waals surface area contributed by atoms with Gasteiger partial charge in [-0.2, -0.15) is 0 Å². The van der Waals surface area contributed by atoms with Crippen LogP contribution in [-0.4, -0.2) is 79.3 Å². The lowest BCUT2D eigenvalue weighted by atomic mass is 10.0. The zero-order chi connectivity index (χ0) is 32.6. The summed E-state index contributed by atoms with van der Waals surface area (Å²) in [6.45, 7) is 3.46. The molecule has 242 valence electrons. The van der Waals surface area contributed by atoms with E-state index in [0.29, 0.717) is 11.4 Å². The Morgan fingerprint density at radius 3 is 2.56 bits per heavy atom. The van der Waals surface area contributed by atoms with Gasteiger partial charge in [0.05, 0.1) is 18.8 Å². The first-order valence-electron chi connectivity index (χ1n) is 14.4. The number of amides is 4. The highest BCUT2D eigenvalue weighted by Gasteiger charge is 2.27. The van der Waals surface area contributed by atoms with Gasteiger partial charge < -0.3 is 25.3 Å². The van der Waals surface area contributed by atoms with Crippen molar-refractivity contribution in [3.63, 3.8) is 0 Å². The van der Waals surface area contributed by atoms with E-state index < -0.39 is 45.7 Å². The van der Waals surface area contributed by atoms with Gasteiger partial charge in [0.1, 0.15) is 23.0 Å². The van der Waals surface area contributed by atoms with E-state index in [9.17, 15) is 27.6 Å². The summed E-state index contributed by atoms with van der Waals surface area (Å²) in [7, 11) is -3.52. The first-order valence-corrected chi connectivity index (χ1v) is 17.2. The maximum absolute atomic E-state index is 13.3. The number of carbonyl (C=O) groups is 4. The van der Waals surface area contributed by atoms with E-state index in [4.69, 9.17) is 4.42 Å². The van der Waals surface area contributed by atoms with Crippen molar-refractivity contribution in [1.82, 2.24) is 35.5 Å². The fourth-order valence-electron chi connectivity index (χ4n) is 4.68. The number of fused-ring (bicyclic) bond motifs is 4. The van der Waals surface area contributed by atoms with Gasteiger partial charge in [-0.25, -0.2) is 23.1 Å². The molecule has 4 bridgehead atoms. The minimum Gasteiger partial charge on any atom is -0.446 e. The molecule has 0 saturated heterocycles. The molecule has 4 N–H and O–H groups in total. The quantitative estimate of drug-likeness (QED) is 0.278. The Bertz CT molecular complexity index is 1610.